The minimum Gasteiger partial charge on any atom is -2.00 e. The van der Waals surface area contributed by atoms with Gasteiger partial charge in [0.2, 0.25) is 0 Å². The predicted molar refractivity (Wildman–Crippen MR) is 7.13 cm³/mol. The zero-order valence-electron chi connectivity index (χ0n) is 1.79. The van der Waals surface area contributed by atoms with Gasteiger partial charge in [-0.25, -0.2) is 0 Å². The van der Waals surface area contributed by atoms with Gasteiger partial charge in [-0.05, 0) is 0 Å². The van der Waals surface area contributed by atoms with E-state index in [1.807, 2.05) is 0 Å². The van der Waals surface area contributed by atoms with Crippen LogP contribution in [0.25, 0.3) is 0 Å². The minimum atomic E-state index is 0. The molecule has 27 valence electrons. The second-order valence-electron chi connectivity index (χ2n) is 0. The number of hydrogen-bond acceptors (Lipinski definition) is 0. The molecule has 0 spiro atoms. The van der Waals surface area contributed by atoms with Gasteiger partial charge in [0.05, 0.1) is 0 Å². The van der Waals surface area contributed by atoms with Crippen LogP contribution < -0.4 is 0 Å². The Bertz CT molecular complexity index is 6.00. The van der Waals surface area contributed by atoms with Crippen molar-refractivity contribution in [1.82, 2.24) is 0 Å². The monoisotopic (exact) mass is 344 g/mol. The minimum absolute atomic E-state index is 0. The molecule has 0 fully saturated rings. The van der Waals surface area contributed by atoms with Crippen LogP contribution in [-0.2, 0) is 11.0 Å². The molecule has 2 nitrogen and oxygen atoms in total. The summed E-state index contributed by atoms with van der Waals surface area (Å²) in [4.78, 5) is 0. The molecule has 0 aromatic carbocycles. The van der Waals surface area contributed by atoms with E-state index in [0.29, 0.717) is 0 Å². The second kappa shape index (κ2) is 16.6. The van der Waals surface area contributed by atoms with E-state index < -0.39 is 0 Å². The Kier molecular flexibility index (Phi) is 116. The number of rotatable bonds is 0. The maximum absolute atomic E-state index is 0. The van der Waals surface area contributed by atoms with E-state index in [-0.39, 0.29) is 107 Å². The van der Waals surface area contributed by atoms with Gasteiger partial charge in [0, 0.05) is 0 Å². The molecule has 0 N–H and O–H groups in total. The molecule has 4 heavy (non-hydrogen) atoms. The Morgan fingerprint density at radius 2 is 0.750 bits per heavy atom. The van der Waals surface area contributed by atoms with Crippen molar-refractivity contribution in [2.45, 2.75) is 0 Å². The summed E-state index contributed by atoms with van der Waals surface area (Å²) in [6.07, 6.45) is 0. The average molecular weight is 342 g/mol. The summed E-state index contributed by atoms with van der Waals surface area (Å²) in [5.41, 5.74) is 0. The third-order valence-corrected chi connectivity index (χ3v) is 0. The van der Waals surface area contributed by atoms with Crippen LogP contribution in [0.5, 0.6) is 0 Å². The molecular weight excluding hydrogens is 342 g/mol. The Morgan fingerprint density at radius 1 is 0.750 bits per heavy atom. The quantitative estimate of drug-likeness (QED) is 0.527. The van der Waals surface area contributed by atoms with E-state index in [9.17, 15) is 0 Å². The summed E-state index contributed by atoms with van der Waals surface area (Å²) in [5, 5.41) is 0. The molecule has 0 bridgehead atoms. The van der Waals surface area contributed by atoms with Crippen molar-refractivity contribution in [2.75, 3.05) is 0 Å². The van der Waals surface area contributed by atoms with Crippen molar-refractivity contribution in [1.29, 1.82) is 0 Å². The van der Waals surface area contributed by atoms with Crippen LogP contribution in [0, 0.1) is 46.9 Å². The Hall–Kier alpha value is 3.01. The normalized spacial score (nSPS) is 0. The molecule has 4 heteroatoms. The molecule has 0 aromatic heterocycles. The van der Waals surface area contributed by atoms with Crippen LogP contribution in [0.15, 0.2) is 0 Å². The molecule has 0 heterocycles. The van der Waals surface area contributed by atoms with E-state index in [0.717, 1.165) is 0 Å². The van der Waals surface area contributed by atoms with Crippen LogP contribution in [0.3, 0.4) is 0 Å². The fraction of sp³-hybridized carbons (Fsp3) is 0. The second-order valence-corrected chi connectivity index (χ2v) is 0. The summed E-state index contributed by atoms with van der Waals surface area (Å²) < 4.78 is 0. The van der Waals surface area contributed by atoms with Gasteiger partial charge in [0.15, 0.2) is 0 Å². The Labute approximate surface area is 104 Å². The Balaban J connectivity index is 0. The van der Waals surface area contributed by atoms with Crippen LogP contribution in [-0.4, -0.2) is 48.9 Å². The molecule has 0 amide bonds. The van der Waals surface area contributed by atoms with E-state index in [2.05, 4.69) is 0 Å². The van der Waals surface area contributed by atoms with E-state index in [1.54, 1.807) is 0 Å². The van der Waals surface area contributed by atoms with Gasteiger partial charge in [-0.15, -0.1) is 0 Å². The molecule has 0 aliphatic heterocycles. The fourth-order valence-corrected chi connectivity index (χ4v) is 0. The van der Waals surface area contributed by atoms with Crippen molar-refractivity contribution in [2.24, 2.45) is 0 Å². The van der Waals surface area contributed by atoms with E-state index in [4.69, 9.17) is 0 Å². The first-order valence-corrected chi connectivity index (χ1v) is 0. The molecule has 0 saturated carbocycles. The van der Waals surface area contributed by atoms with Crippen LogP contribution in [0.4, 0.5) is 0 Å². The fourth-order valence-electron chi connectivity index (χ4n) is 0. The van der Waals surface area contributed by atoms with Crippen LogP contribution in [0.2, 0.25) is 0 Å². The topological polar surface area (TPSA) is 57.0 Å². The summed E-state index contributed by atoms with van der Waals surface area (Å²) in [6, 6.07) is 0. The maximum atomic E-state index is 0. The van der Waals surface area contributed by atoms with Gasteiger partial charge in [-0.1, -0.05) is 0 Å². The molecule has 0 aliphatic rings. The first-order valence-electron chi connectivity index (χ1n) is 0. The summed E-state index contributed by atoms with van der Waals surface area (Å²) in [6.45, 7) is 0. The first kappa shape index (κ1) is 27.9. The van der Waals surface area contributed by atoms with E-state index >= 15 is 0 Å². The summed E-state index contributed by atoms with van der Waals surface area (Å²) in [5.74, 6) is 0. The van der Waals surface area contributed by atoms with Crippen LogP contribution >= 0.6 is 0 Å². The Morgan fingerprint density at radius 3 is 0.750 bits per heavy atom. The molecule has 0 saturated heterocycles. The molecule has 1 radical (unpaired) electrons. The average Bonchev–Trinajstić information content (AvgIpc) is 0. The van der Waals surface area contributed by atoms with Crippen molar-refractivity contribution in [3.05, 3.63) is 0 Å². The van der Waals surface area contributed by atoms with Crippen molar-refractivity contribution < 1.29 is 57.9 Å². The van der Waals surface area contributed by atoms with Gasteiger partial charge in [-0.3, -0.25) is 0 Å². The molecule has 0 atom stereocenters. The molecule has 0 aromatic rings. The molecular formula is BaO2Yb+. The standard InChI is InChI=1S/Ba.2O.Yb/q+2;2*-2;+3. The SMILES string of the molecule is [Ba+2].[O-2].[O-2].[Yb+3]. The number of hydrogen-bond donors (Lipinski definition) is 0. The predicted octanol–water partition coefficient (Wildman–Crippen LogP) is -0.618. The van der Waals surface area contributed by atoms with Crippen molar-refractivity contribution in [3.63, 3.8) is 0 Å². The van der Waals surface area contributed by atoms with Crippen molar-refractivity contribution in [3.8, 4) is 0 Å². The summed E-state index contributed by atoms with van der Waals surface area (Å²) in [7, 11) is 0. The van der Waals surface area contributed by atoms with Gasteiger partial charge < -0.3 is 11.0 Å². The third kappa shape index (κ3) is 8.89. The van der Waals surface area contributed by atoms with Gasteiger partial charge >= 0.3 is 95.8 Å². The smallest absolute Gasteiger partial charge is 2.00 e. The molecule has 0 aliphatic carbocycles. The van der Waals surface area contributed by atoms with E-state index in [1.165, 1.54) is 0 Å². The van der Waals surface area contributed by atoms with Gasteiger partial charge in [0.25, 0.3) is 0 Å². The summed E-state index contributed by atoms with van der Waals surface area (Å²) >= 11 is 0. The zero-order valence-corrected chi connectivity index (χ0v) is 7.95. The van der Waals surface area contributed by atoms with Crippen LogP contribution in [0.1, 0.15) is 0 Å². The largest absolute Gasteiger partial charge is 3.00 e. The zero-order chi connectivity index (χ0) is 0. The molecule has 0 rings (SSSR count). The maximum Gasteiger partial charge on any atom is 3.00 e. The molecule has 0 unspecified atom stereocenters. The van der Waals surface area contributed by atoms with Gasteiger partial charge in [0.1, 0.15) is 0 Å². The van der Waals surface area contributed by atoms with Gasteiger partial charge in [-0.2, -0.15) is 0 Å². The van der Waals surface area contributed by atoms with Crippen molar-refractivity contribution >= 4 is 48.9 Å². The third-order valence-electron chi connectivity index (χ3n) is 0. The first-order chi connectivity index (χ1) is 0.